The number of nitrogens with one attached hydrogen (secondary N) is 1. The van der Waals surface area contributed by atoms with E-state index in [-0.39, 0.29) is 11.9 Å². The Labute approximate surface area is 78.5 Å². The van der Waals surface area contributed by atoms with Crippen LogP contribution in [-0.2, 0) is 4.79 Å². The Hall–Kier alpha value is -0.220. The topological polar surface area (TPSA) is 55.1 Å². The highest BCUT2D eigenvalue weighted by Gasteiger charge is 2.14. The van der Waals surface area contributed by atoms with E-state index in [9.17, 15) is 4.79 Å². The quantitative estimate of drug-likeness (QED) is 0.644. The molecule has 0 aliphatic heterocycles. The Morgan fingerprint density at radius 2 is 2.25 bits per heavy atom. The van der Waals surface area contributed by atoms with Gasteiger partial charge in [0.05, 0.1) is 6.04 Å². The summed E-state index contributed by atoms with van der Waals surface area (Å²) in [5.74, 6) is 0.745. The number of primary amides is 1. The monoisotopic (exact) mass is 190 g/mol. The molecule has 0 spiro atoms. The van der Waals surface area contributed by atoms with Crippen molar-refractivity contribution in [1.29, 1.82) is 0 Å². The second-order valence-electron chi connectivity index (χ2n) is 2.89. The molecule has 0 aromatic heterocycles. The summed E-state index contributed by atoms with van der Waals surface area (Å²) in [5, 5.41) is 3.17. The van der Waals surface area contributed by atoms with E-state index < -0.39 is 0 Å². The van der Waals surface area contributed by atoms with Crippen LogP contribution in [0.3, 0.4) is 0 Å². The van der Waals surface area contributed by atoms with Crippen LogP contribution in [0.4, 0.5) is 0 Å². The summed E-state index contributed by atoms with van der Waals surface area (Å²) in [4.78, 5) is 10.8. The van der Waals surface area contributed by atoms with E-state index in [1.807, 2.05) is 13.2 Å². The van der Waals surface area contributed by atoms with Crippen molar-refractivity contribution in [3.05, 3.63) is 0 Å². The van der Waals surface area contributed by atoms with Crippen molar-refractivity contribution in [3.63, 3.8) is 0 Å². The lowest BCUT2D eigenvalue weighted by Crippen LogP contribution is -2.45. The number of carbonyl (C=O) groups is 1. The van der Waals surface area contributed by atoms with Gasteiger partial charge in [0.15, 0.2) is 0 Å². The normalized spacial score (nSPS) is 15.6. The molecule has 0 heterocycles. The molecule has 2 atom stereocenters. The molecule has 0 bridgehead atoms. The Kier molecular flexibility index (Phi) is 6.20. The van der Waals surface area contributed by atoms with Crippen molar-refractivity contribution < 1.29 is 4.79 Å². The minimum Gasteiger partial charge on any atom is -0.368 e. The number of carbonyl (C=O) groups excluding carboxylic acids is 1. The highest BCUT2D eigenvalue weighted by molar-refractivity contribution is 7.98. The Bertz CT molecular complexity index is 141. The van der Waals surface area contributed by atoms with Crippen LogP contribution in [0.15, 0.2) is 0 Å². The van der Waals surface area contributed by atoms with Gasteiger partial charge in [-0.2, -0.15) is 11.8 Å². The average Bonchev–Trinajstić information content (AvgIpc) is 2.00. The minimum absolute atomic E-state index is 0.174. The summed E-state index contributed by atoms with van der Waals surface area (Å²) < 4.78 is 0. The Morgan fingerprint density at radius 3 is 2.58 bits per heavy atom. The fourth-order valence-corrected chi connectivity index (χ4v) is 1.64. The van der Waals surface area contributed by atoms with Gasteiger partial charge in [0.25, 0.3) is 0 Å². The molecule has 3 nitrogen and oxygen atoms in total. The van der Waals surface area contributed by atoms with Gasteiger partial charge in [-0.3, -0.25) is 4.79 Å². The van der Waals surface area contributed by atoms with Gasteiger partial charge in [-0.25, -0.2) is 0 Å². The van der Waals surface area contributed by atoms with Gasteiger partial charge < -0.3 is 11.1 Å². The summed E-state index contributed by atoms with van der Waals surface area (Å²) in [6.07, 6.45) is 2.80. The number of thioether (sulfide) groups is 1. The molecule has 3 N–H and O–H groups in total. The molecule has 0 saturated carbocycles. The van der Waals surface area contributed by atoms with Crippen LogP contribution in [-0.4, -0.2) is 30.0 Å². The first-order valence-electron chi connectivity index (χ1n) is 4.16. The minimum atomic E-state index is -0.259. The number of rotatable bonds is 6. The molecule has 0 rings (SSSR count). The van der Waals surface area contributed by atoms with E-state index >= 15 is 0 Å². The molecule has 12 heavy (non-hydrogen) atoms. The smallest absolute Gasteiger partial charge is 0.234 e. The predicted octanol–water partition coefficient (Wildman–Crippen LogP) is 0.591. The lowest BCUT2D eigenvalue weighted by Gasteiger charge is -2.18. The summed E-state index contributed by atoms with van der Waals surface area (Å²) >= 11 is 1.76. The van der Waals surface area contributed by atoms with Crippen molar-refractivity contribution in [3.8, 4) is 0 Å². The van der Waals surface area contributed by atoms with Crippen LogP contribution >= 0.6 is 11.8 Å². The van der Waals surface area contributed by atoms with Crippen molar-refractivity contribution in [2.24, 2.45) is 5.73 Å². The van der Waals surface area contributed by atoms with Crippen LogP contribution in [0.2, 0.25) is 0 Å². The summed E-state index contributed by atoms with van der Waals surface area (Å²) in [7, 11) is 0. The van der Waals surface area contributed by atoms with E-state index in [1.54, 1.807) is 11.8 Å². The third kappa shape index (κ3) is 4.62. The number of hydrogen-bond acceptors (Lipinski definition) is 3. The second kappa shape index (κ2) is 6.31. The van der Waals surface area contributed by atoms with Crippen LogP contribution < -0.4 is 11.1 Å². The highest BCUT2D eigenvalue weighted by atomic mass is 32.2. The SMILES string of the molecule is CCC(NC(C)CSC)C(N)=O. The molecule has 72 valence electrons. The molecule has 0 aliphatic rings. The molecule has 4 heteroatoms. The molecule has 1 amide bonds. The van der Waals surface area contributed by atoms with Gasteiger partial charge >= 0.3 is 0 Å². The number of nitrogens with two attached hydrogens (primary N) is 1. The molecule has 0 aromatic carbocycles. The van der Waals surface area contributed by atoms with Crippen molar-refractivity contribution in [2.45, 2.75) is 32.4 Å². The fraction of sp³-hybridized carbons (Fsp3) is 0.875. The van der Waals surface area contributed by atoms with Crippen molar-refractivity contribution >= 4 is 17.7 Å². The first kappa shape index (κ1) is 11.8. The second-order valence-corrected chi connectivity index (χ2v) is 3.80. The zero-order chi connectivity index (χ0) is 9.56. The molecule has 0 aromatic rings. The van der Waals surface area contributed by atoms with Crippen LogP contribution in [0.1, 0.15) is 20.3 Å². The first-order chi connectivity index (χ1) is 5.61. The standard InChI is InChI=1S/C8H18N2OS/c1-4-7(8(9)11)10-6(2)5-12-3/h6-7,10H,4-5H2,1-3H3,(H2,9,11). The lowest BCUT2D eigenvalue weighted by molar-refractivity contribution is -0.120. The third-order valence-corrected chi connectivity index (χ3v) is 2.49. The van der Waals surface area contributed by atoms with Gasteiger partial charge in [-0.05, 0) is 19.6 Å². The summed E-state index contributed by atoms with van der Waals surface area (Å²) in [6, 6.07) is 0.171. The molecule has 0 radical (unpaired) electrons. The van der Waals surface area contributed by atoms with Gasteiger partial charge in [0, 0.05) is 11.8 Å². The predicted molar refractivity (Wildman–Crippen MR) is 54.3 cm³/mol. The largest absolute Gasteiger partial charge is 0.368 e. The van der Waals surface area contributed by atoms with Crippen LogP contribution in [0.25, 0.3) is 0 Å². The van der Waals surface area contributed by atoms with Crippen LogP contribution in [0.5, 0.6) is 0 Å². The zero-order valence-corrected chi connectivity index (χ0v) is 8.78. The fourth-order valence-electron chi connectivity index (χ4n) is 1.04. The van der Waals surface area contributed by atoms with Crippen molar-refractivity contribution in [2.75, 3.05) is 12.0 Å². The van der Waals surface area contributed by atoms with E-state index in [2.05, 4.69) is 12.2 Å². The molecular formula is C8H18N2OS. The van der Waals surface area contributed by atoms with Gasteiger partial charge in [-0.15, -0.1) is 0 Å². The van der Waals surface area contributed by atoms with Crippen LogP contribution in [0, 0.1) is 0 Å². The van der Waals surface area contributed by atoms with Crippen molar-refractivity contribution in [1.82, 2.24) is 5.32 Å². The number of hydrogen-bond donors (Lipinski definition) is 2. The number of amides is 1. The Morgan fingerprint density at radius 1 is 1.67 bits per heavy atom. The first-order valence-corrected chi connectivity index (χ1v) is 5.55. The maximum Gasteiger partial charge on any atom is 0.234 e. The van der Waals surface area contributed by atoms with E-state index in [0.717, 1.165) is 12.2 Å². The maximum absolute atomic E-state index is 10.8. The maximum atomic E-state index is 10.8. The molecule has 0 fully saturated rings. The molecule has 0 aliphatic carbocycles. The van der Waals surface area contributed by atoms with E-state index in [4.69, 9.17) is 5.73 Å². The van der Waals surface area contributed by atoms with E-state index in [0.29, 0.717) is 6.04 Å². The highest BCUT2D eigenvalue weighted by Crippen LogP contribution is 1.99. The van der Waals surface area contributed by atoms with Gasteiger partial charge in [-0.1, -0.05) is 6.92 Å². The summed E-state index contributed by atoms with van der Waals surface area (Å²) in [6.45, 7) is 4.01. The molecule has 2 unspecified atom stereocenters. The van der Waals surface area contributed by atoms with Gasteiger partial charge in [0.2, 0.25) is 5.91 Å². The third-order valence-electron chi connectivity index (χ3n) is 1.65. The molecular weight excluding hydrogens is 172 g/mol. The Balaban J connectivity index is 3.77. The average molecular weight is 190 g/mol. The summed E-state index contributed by atoms with van der Waals surface area (Å²) in [5.41, 5.74) is 5.18. The van der Waals surface area contributed by atoms with Gasteiger partial charge in [0.1, 0.15) is 0 Å². The zero-order valence-electron chi connectivity index (χ0n) is 7.96. The lowest BCUT2D eigenvalue weighted by atomic mass is 10.2. The molecule has 0 saturated heterocycles. The van der Waals surface area contributed by atoms with E-state index in [1.165, 1.54) is 0 Å².